The molecule has 0 saturated carbocycles. The molecule has 0 spiro atoms. The number of nitrogens with zero attached hydrogens (tertiary/aromatic N) is 1. The number of amidine groups is 1. The third kappa shape index (κ3) is 6.37. The van der Waals surface area contributed by atoms with Crippen molar-refractivity contribution in [1.82, 2.24) is 5.32 Å². The van der Waals surface area contributed by atoms with Crippen LogP contribution < -0.4 is 11.1 Å². The summed E-state index contributed by atoms with van der Waals surface area (Å²) < 4.78 is 18.6. The van der Waals surface area contributed by atoms with Gasteiger partial charge in [0.1, 0.15) is 11.7 Å². The normalized spacial score (nSPS) is 11.8. The van der Waals surface area contributed by atoms with Gasteiger partial charge in [0.05, 0.1) is 5.41 Å². The summed E-state index contributed by atoms with van der Waals surface area (Å²) in [6.45, 7) is 5.85. The van der Waals surface area contributed by atoms with Crippen LogP contribution in [0.3, 0.4) is 0 Å². The van der Waals surface area contributed by atoms with E-state index in [0.717, 1.165) is 17.7 Å². The number of benzene rings is 2. The fraction of sp³-hybridized carbons (Fsp3) is 0.304. The van der Waals surface area contributed by atoms with Crippen molar-refractivity contribution in [2.45, 2.75) is 50.5 Å². The highest BCUT2D eigenvalue weighted by Gasteiger charge is 2.21. The number of hydrogen-bond donors (Lipinski definition) is 2. The second-order valence-electron chi connectivity index (χ2n) is 7.21. The number of halogens is 1. The van der Waals surface area contributed by atoms with Gasteiger partial charge in [0.2, 0.25) is 0 Å². The molecule has 0 aromatic heterocycles. The molecule has 2 aromatic rings. The van der Waals surface area contributed by atoms with Crippen molar-refractivity contribution in [2.24, 2.45) is 10.1 Å². The van der Waals surface area contributed by atoms with Crippen LogP contribution in [0.25, 0.3) is 0 Å². The molecule has 1 amide bonds. The summed E-state index contributed by atoms with van der Waals surface area (Å²) in [5.74, 6) is 2.59. The molecule has 0 bridgehead atoms. The number of nitrogens with one attached hydrogen (secondary N) is 1. The molecule has 4 nitrogen and oxygen atoms in total. The number of rotatable bonds is 8. The Morgan fingerprint density at radius 1 is 1.28 bits per heavy atom. The van der Waals surface area contributed by atoms with Crippen LogP contribution in [-0.4, -0.2) is 11.7 Å². The molecular weight excluding hydrogens is 385 g/mol. The summed E-state index contributed by atoms with van der Waals surface area (Å²) in [6, 6.07) is 11.9. The first kappa shape index (κ1) is 22.5. The first-order chi connectivity index (χ1) is 13.8. The van der Waals surface area contributed by atoms with E-state index in [4.69, 9.17) is 12.2 Å². The van der Waals surface area contributed by atoms with Gasteiger partial charge in [0.25, 0.3) is 5.91 Å². The Labute approximate surface area is 176 Å². The topological polar surface area (TPSA) is 67.5 Å². The maximum atomic E-state index is 14.4. The molecule has 0 radical (unpaired) electrons. The summed E-state index contributed by atoms with van der Waals surface area (Å²) in [4.78, 5) is 13.2. The molecule has 152 valence electrons. The first-order valence-electron chi connectivity index (χ1n) is 9.41. The van der Waals surface area contributed by atoms with Gasteiger partial charge in [-0.15, -0.1) is 6.42 Å². The molecule has 0 unspecified atom stereocenters. The van der Waals surface area contributed by atoms with E-state index in [2.05, 4.69) is 15.6 Å². The third-order valence-corrected chi connectivity index (χ3v) is 5.22. The Morgan fingerprint density at radius 3 is 2.55 bits per heavy atom. The van der Waals surface area contributed by atoms with Gasteiger partial charge in [-0.2, -0.15) is 4.40 Å². The maximum absolute atomic E-state index is 14.4. The second-order valence-corrected chi connectivity index (χ2v) is 8.05. The lowest BCUT2D eigenvalue weighted by Gasteiger charge is -2.19. The summed E-state index contributed by atoms with van der Waals surface area (Å²) in [7, 11) is 0. The molecule has 2 aromatic carbocycles. The van der Waals surface area contributed by atoms with Gasteiger partial charge >= 0.3 is 0 Å². The second kappa shape index (κ2) is 10.1. The zero-order chi connectivity index (χ0) is 21.4. The lowest BCUT2D eigenvalue weighted by molar-refractivity contribution is 0.0950. The van der Waals surface area contributed by atoms with Gasteiger partial charge < -0.3 is 11.1 Å². The molecule has 6 heteroatoms. The summed E-state index contributed by atoms with van der Waals surface area (Å²) in [5.41, 5.74) is 6.75. The monoisotopic (exact) mass is 411 g/mol. The van der Waals surface area contributed by atoms with E-state index in [1.807, 2.05) is 19.1 Å². The minimum Gasteiger partial charge on any atom is -0.387 e. The predicted octanol–water partition coefficient (Wildman–Crippen LogP) is 4.83. The highest BCUT2D eigenvalue weighted by molar-refractivity contribution is 7.98. The lowest BCUT2D eigenvalue weighted by atomic mass is 9.85. The van der Waals surface area contributed by atoms with Crippen molar-refractivity contribution in [3.8, 4) is 12.3 Å². The predicted molar refractivity (Wildman–Crippen MR) is 118 cm³/mol. The third-order valence-electron chi connectivity index (χ3n) is 4.41. The van der Waals surface area contributed by atoms with Gasteiger partial charge in [0.15, 0.2) is 0 Å². The Kier molecular flexibility index (Phi) is 7.86. The fourth-order valence-corrected chi connectivity index (χ4v) is 3.19. The van der Waals surface area contributed by atoms with Crippen LogP contribution in [-0.2, 0) is 12.0 Å². The summed E-state index contributed by atoms with van der Waals surface area (Å²) >= 11 is 1.28. The van der Waals surface area contributed by atoms with E-state index in [1.165, 1.54) is 18.0 Å². The van der Waals surface area contributed by atoms with Crippen molar-refractivity contribution in [3.63, 3.8) is 0 Å². The lowest BCUT2D eigenvalue weighted by Crippen LogP contribution is -2.23. The minimum atomic E-state index is -0.684. The van der Waals surface area contributed by atoms with Gasteiger partial charge in [0, 0.05) is 40.9 Å². The Morgan fingerprint density at radius 2 is 1.97 bits per heavy atom. The number of carbonyl (C=O) groups excluding carboxylic acids is 1. The van der Waals surface area contributed by atoms with Gasteiger partial charge in [-0.05, 0) is 56.2 Å². The van der Waals surface area contributed by atoms with Crippen molar-refractivity contribution >= 4 is 23.7 Å². The highest BCUT2D eigenvalue weighted by atomic mass is 32.2. The van der Waals surface area contributed by atoms with Crippen molar-refractivity contribution in [1.29, 1.82) is 0 Å². The molecule has 0 aliphatic rings. The van der Waals surface area contributed by atoms with Crippen LogP contribution in [0.1, 0.15) is 55.1 Å². The molecule has 0 saturated heterocycles. The van der Waals surface area contributed by atoms with E-state index in [0.29, 0.717) is 22.5 Å². The number of hydrogen-bond acceptors (Lipinski definition) is 3. The Hall–Kier alpha value is -2.78. The van der Waals surface area contributed by atoms with Crippen LogP contribution in [0.5, 0.6) is 0 Å². The van der Waals surface area contributed by atoms with Crippen LogP contribution in [0.2, 0.25) is 0 Å². The molecule has 0 atom stereocenters. The summed E-state index contributed by atoms with van der Waals surface area (Å²) in [6.07, 6.45) is 7.18. The standard InChI is InChI=1S/C23H26FN3OS/c1-5-7-21(25)27-29-18-11-9-17(10-12-18)22(28)26-15-16-8-13-19(20(24)14-16)23(3,4)6-2/h2,8-14H,5,7,15H2,1,3-4H3,(H2,25,27)(H,26,28). The van der Waals surface area contributed by atoms with Crippen LogP contribution in [0, 0.1) is 18.2 Å². The van der Waals surface area contributed by atoms with Crippen molar-refractivity contribution < 1.29 is 9.18 Å². The van der Waals surface area contributed by atoms with Gasteiger partial charge in [-0.1, -0.05) is 25.0 Å². The van der Waals surface area contributed by atoms with E-state index < -0.39 is 5.41 Å². The SMILES string of the molecule is C#CC(C)(C)c1ccc(CNC(=O)c2ccc(S/N=C(/N)CCC)cc2)cc1F. The first-order valence-corrected chi connectivity index (χ1v) is 10.2. The van der Waals surface area contributed by atoms with E-state index in [1.54, 1.807) is 38.1 Å². The van der Waals surface area contributed by atoms with Crippen molar-refractivity contribution in [2.75, 3.05) is 0 Å². The number of carbonyl (C=O) groups is 1. The van der Waals surface area contributed by atoms with E-state index >= 15 is 0 Å². The molecular formula is C23H26FN3OS. The molecule has 0 fully saturated rings. The smallest absolute Gasteiger partial charge is 0.251 e. The highest BCUT2D eigenvalue weighted by Crippen LogP contribution is 2.25. The zero-order valence-electron chi connectivity index (χ0n) is 17.0. The van der Waals surface area contributed by atoms with Crippen molar-refractivity contribution in [3.05, 3.63) is 65.0 Å². The molecule has 29 heavy (non-hydrogen) atoms. The fourth-order valence-electron chi connectivity index (χ4n) is 2.62. The Balaban J connectivity index is 1.96. The Bertz CT molecular complexity index is 930. The quantitative estimate of drug-likeness (QED) is 0.283. The molecule has 2 rings (SSSR count). The number of terminal acetylenes is 1. The summed E-state index contributed by atoms with van der Waals surface area (Å²) in [5, 5.41) is 2.80. The van der Waals surface area contributed by atoms with Crippen LogP contribution >= 0.6 is 11.9 Å². The minimum absolute atomic E-state index is 0.223. The van der Waals surface area contributed by atoms with Crippen LogP contribution in [0.15, 0.2) is 51.8 Å². The zero-order valence-corrected chi connectivity index (χ0v) is 17.8. The van der Waals surface area contributed by atoms with Gasteiger partial charge in [-0.25, -0.2) is 4.39 Å². The average molecular weight is 412 g/mol. The molecule has 0 aliphatic carbocycles. The molecule has 0 heterocycles. The maximum Gasteiger partial charge on any atom is 0.251 e. The van der Waals surface area contributed by atoms with Gasteiger partial charge in [-0.3, -0.25) is 4.79 Å². The number of amides is 1. The average Bonchev–Trinajstić information content (AvgIpc) is 2.71. The molecule has 0 aliphatic heterocycles. The largest absolute Gasteiger partial charge is 0.387 e. The van der Waals surface area contributed by atoms with E-state index in [9.17, 15) is 9.18 Å². The number of nitrogens with two attached hydrogens (primary N) is 1. The van der Waals surface area contributed by atoms with Crippen LogP contribution in [0.4, 0.5) is 4.39 Å². The van der Waals surface area contributed by atoms with E-state index in [-0.39, 0.29) is 18.3 Å². The molecule has 3 N–H and O–H groups in total.